The molecule has 3 aromatic carbocycles. The summed E-state index contributed by atoms with van der Waals surface area (Å²) in [5.74, 6) is 0.622. The molecule has 0 unspecified atom stereocenters. The van der Waals surface area contributed by atoms with Crippen molar-refractivity contribution in [2.24, 2.45) is 0 Å². The zero-order valence-corrected chi connectivity index (χ0v) is 13.3. The van der Waals surface area contributed by atoms with E-state index < -0.39 is 0 Å². The monoisotopic (exact) mass is 305 g/mol. The Morgan fingerprint density at radius 1 is 0.957 bits per heavy atom. The fourth-order valence-electron chi connectivity index (χ4n) is 2.41. The molecule has 1 amide bonds. The van der Waals surface area contributed by atoms with Crippen molar-refractivity contribution in [3.8, 4) is 5.75 Å². The van der Waals surface area contributed by atoms with Crippen molar-refractivity contribution in [3.05, 3.63) is 72.3 Å². The van der Waals surface area contributed by atoms with Crippen molar-refractivity contribution >= 4 is 22.4 Å². The molecule has 0 aliphatic rings. The van der Waals surface area contributed by atoms with Crippen molar-refractivity contribution < 1.29 is 9.53 Å². The van der Waals surface area contributed by atoms with Gasteiger partial charge in [-0.15, -0.1) is 0 Å². The highest BCUT2D eigenvalue weighted by Crippen LogP contribution is 2.21. The SMILES string of the molecule is Cc1ccc(OCC(=O)N(C)c2ccc3ccccc3c2)cc1. The summed E-state index contributed by atoms with van der Waals surface area (Å²) in [7, 11) is 1.77. The molecule has 0 aliphatic heterocycles. The first-order valence-corrected chi connectivity index (χ1v) is 7.58. The van der Waals surface area contributed by atoms with Crippen molar-refractivity contribution in [2.45, 2.75) is 6.92 Å². The minimum absolute atomic E-state index is 0.0202. The number of likely N-dealkylation sites (N-methyl/N-ethyl adjacent to an activating group) is 1. The van der Waals surface area contributed by atoms with Gasteiger partial charge in [-0.25, -0.2) is 0 Å². The van der Waals surface area contributed by atoms with Crippen molar-refractivity contribution in [3.63, 3.8) is 0 Å². The van der Waals surface area contributed by atoms with Gasteiger partial charge in [0.15, 0.2) is 6.61 Å². The predicted molar refractivity (Wildman–Crippen MR) is 94.0 cm³/mol. The maximum atomic E-state index is 12.3. The summed E-state index contributed by atoms with van der Waals surface area (Å²) in [6, 6.07) is 21.8. The van der Waals surface area contributed by atoms with Crippen LogP contribution in [0.1, 0.15) is 5.56 Å². The van der Waals surface area contributed by atoms with Gasteiger partial charge in [-0.05, 0) is 42.0 Å². The molecular weight excluding hydrogens is 286 g/mol. The van der Waals surface area contributed by atoms with Gasteiger partial charge < -0.3 is 9.64 Å². The van der Waals surface area contributed by atoms with Gasteiger partial charge in [0.2, 0.25) is 0 Å². The number of hydrogen-bond acceptors (Lipinski definition) is 2. The lowest BCUT2D eigenvalue weighted by atomic mass is 10.1. The summed E-state index contributed by atoms with van der Waals surface area (Å²) in [6.07, 6.45) is 0. The Balaban J connectivity index is 1.69. The van der Waals surface area contributed by atoms with Crippen LogP contribution in [0.4, 0.5) is 5.69 Å². The van der Waals surface area contributed by atoms with E-state index in [1.54, 1.807) is 11.9 Å². The number of nitrogens with zero attached hydrogens (tertiary/aromatic N) is 1. The van der Waals surface area contributed by atoms with Gasteiger partial charge >= 0.3 is 0 Å². The van der Waals surface area contributed by atoms with Gasteiger partial charge in [-0.2, -0.15) is 0 Å². The van der Waals surface area contributed by atoms with E-state index in [4.69, 9.17) is 4.74 Å². The molecule has 0 aromatic heterocycles. The third-order valence-electron chi connectivity index (χ3n) is 3.88. The fraction of sp³-hybridized carbons (Fsp3) is 0.150. The third-order valence-corrected chi connectivity index (χ3v) is 3.88. The largest absolute Gasteiger partial charge is 0.484 e. The van der Waals surface area contributed by atoms with E-state index in [2.05, 4.69) is 6.07 Å². The average molecular weight is 305 g/mol. The molecule has 3 aromatic rings. The Hall–Kier alpha value is -2.81. The van der Waals surface area contributed by atoms with E-state index >= 15 is 0 Å². The van der Waals surface area contributed by atoms with Crippen LogP contribution < -0.4 is 9.64 Å². The number of fused-ring (bicyclic) bond motifs is 1. The number of ether oxygens (including phenoxy) is 1. The first-order valence-electron chi connectivity index (χ1n) is 7.58. The van der Waals surface area contributed by atoms with E-state index in [1.165, 1.54) is 0 Å². The second-order valence-electron chi connectivity index (χ2n) is 5.59. The topological polar surface area (TPSA) is 29.5 Å². The summed E-state index contributed by atoms with van der Waals surface area (Å²) in [4.78, 5) is 13.9. The van der Waals surface area contributed by atoms with Crippen LogP contribution >= 0.6 is 0 Å². The number of amides is 1. The van der Waals surface area contributed by atoms with Gasteiger partial charge in [0.1, 0.15) is 5.75 Å². The van der Waals surface area contributed by atoms with Gasteiger partial charge in [-0.3, -0.25) is 4.79 Å². The highest BCUT2D eigenvalue weighted by molar-refractivity contribution is 5.96. The standard InChI is InChI=1S/C20H19NO2/c1-15-7-11-19(12-8-15)23-14-20(22)21(2)18-10-9-16-5-3-4-6-17(16)13-18/h3-13H,14H2,1-2H3. The normalized spacial score (nSPS) is 10.5. The molecule has 3 heteroatoms. The van der Waals surface area contributed by atoms with Crippen molar-refractivity contribution in [1.29, 1.82) is 0 Å². The van der Waals surface area contributed by atoms with E-state index in [-0.39, 0.29) is 12.5 Å². The molecule has 3 rings (SSSR count). The second kappa shape index (κ2) is 6.53. The lowest BCUT2D eigenvalue weighted by molar-refractivity contribution is -0.120. The first-order chi connectivity index (χ1) is 11.1. The number of benzene rings is 3. The Morgan fingerprint density at radius 2 is 1.65 bits per heavy atom. The highest BCUT2D eigenvalue weighted by Gasteiger charge is 2.12. The predicted octanol–water partition coefficient (Wildman–Crippen LogP) is 4.19. The van der Waals surface area contributed by atoms with Crippen LogP contribution in [-0.4, -0.2) is 19.6 Å². The zero-order valence-electron chi connectivity index (χ0n) is 13.3. The van der Waals surface area contributed by atoms with E-state index in [9.17, 15) is 4.79 Å². The summed E-state index contributed by atoms with van der Waals surface area (Å²) >= 11 is 0. The quantitative estimate of drug-likeness (QED) is 0.723. The van der Waals surface area contributed by atoms with E-state index in [1.807, 2.05) is 67.6 Å². The van der Waals surface area contributed by atoms with Crippen LogP contribution in [0.5, 0.6) is 5.75 Å². The van der Waals surface area contributed by atoms with Crippen LogP contribution in [0, 0.1) is 6.92 Å². The number of carbonyl (C=O) groups is 1. The summed E-state index contributed by atoms with van der Waals surface area (Å²) < 4.78 is 5.56. The third kappa shape index (κ3) is 3.51. The van der Waals surface area contributed by atoms with Gasteiger partial charge in [-0.1, -0.05) is 48.0 Å². The molecule has 0 aliphatic carbocycles. The van der Waals surface area contributed by atoms with Gasteiger partial charge in [0.25, 0.3) is 5.91 Å². The molecule has 0 saturated carbocycles. The minimum Gasteiger partial charge on any atom is -0.484 e. The first kappa shape index (κ1) is 15.1. The van der Waals surface area contributed by atoms with Crippen molar-refractivity contribution in [1.82, 2.24) is 0 Å². The van der Waals surface area contributed by atoms with E-state index in [0.717, 1.165) is 22.0 Å². The van der Waals surface area contributed by atoms with Crippen LogP contribution in [0.3, 0.4) is 0 Å². The smallest absolute Gasteiger partial charge is 0.264 e. The van der Waals surface area contributed by atoms with E-state index in [0.29, 0.717) is 5.75 Å². The Labute approximate surface area is 136 Å². The zero-order chi connectivity index (χ0) is 16.2. The van der Waals surface area contributed by atoms with Gasteiger partial charge in [0, 0.05) is 12.7 Å². The van der Waals surface area contributed by atoms with Crippen LogP contribution in [0.15, 0.2) is 66.7 Å². The number of aryl methyl sites for hydroxylation is 1. The van der Waals surface area contributed by atoms with Crippen molar-refractivity contribution in [2.75, 3.05) is 18.6 Å². The second-order valence-corrected chi connectivity index (χ2v) is 5.59. The molecule has 0 heterocycles. The number of anilines is 1. The van der Waals surface area contributed by atoms with Crippen LogP contribution in [-0.2, 0) is 4.79 Å². The number of hydrogen-bond donors (Lipinski definition) is 0. The molecule has 23 heavy (non-hydrogen) atoms. The molecule has 0 spiro atoms. The summed E-state index contributed by atoms with van der Waals surface area (Å²) in [5, 5.41) is 2.28. The fourth-order valence-corrected chi connectivity index (χ4v) is 2.41. The van der Waals surface area contributed by atoms with Crippen LogP contribution in [0.2, 0.25) is 0 Å². The molecule has 0 fully saturated rings. The molecule has 3 nitrogen and oxygen atoms in total. The Morgan fingerprint density at radius 3 is 2.39 bits per heavy atom. The number of rotatable bonds is 4. The maximum absolute atomic E-state index is 12.3. The van der Waals surface area contributed by atoms with Gasteiger partial charge in [0.05, 0.1) is 0 Å². The summed E-state index contributed by atoms with van der Waals surface area (Å²) in [5.41, 5.74) is 2.03. The minimum atomic E-state index is -0.0825. The molecular formula is C20H19NO2. The maximum Gasteiger partial charge on any atom is 0.264 e. The number of carbonyl (C=O) groups excluding carboxylic acids is 1. The molecule has 0 radical (unpaired) electrons. The lowest BCUT2D eigenvalue weighted by Crippen LogP contribution is -2.31. The summed E-state index contributed by atoms with van der Waals surface area (Å²) in [6.45, 7) is 2.04. The molecule has 116 valence electrons. The molecule has 0 saturated heterocycles. The molecule has 0 N–H and O–H groups in total. The average Bonchev–Trinajstić information content (AvgIpc) is 2.60. The Bertz CT molecular complexity index is 824. The molecule has 0 bridgehead atoms. The molecule has 0 atom stereocenters. The Kier molecular flexibility index (Phi) is 4.29. The van der Waals surface area contributed by atoms with Crippen LogP contribution in [0.25, 0.3) is 10.8 Å². The highest BCUT2D eigenvalue weighted by atomic mass is 16.5. The lowest BCUT2D eigenvalue weighted by Gasteiger charge is -2.18.